The molecule has 9 nitrogen and oxygen atoms in total. The van der Waals surface area contributed by atoms with Crippen molar-refractivity contribution in [1.82, 2.24) is 15.2 Å². The fourth-order valence-corrected chi connectivity index (χ4v) is 9.89. The van der Waals surface area contributed by atoms with Crippen LogP contribution in [-0.4, -0.2) is 65.9 Å². The van der Waals surface area contributed by atoms with Gasteiger partial charge in [-0.1, -0.05) is 80.1 Å². The molecule has 0 aliphatic carbocycles. The van der Waals surface area contributed by atoms with Crippen molar-refractivity contribution in [3.8, 4) is 5.75 Å². The summed E-state index contributed by atoms with van der Waals surface area (Å²) in [5.41, 5.74) is 10.4. The molecule has 1 aromatic heterocycles. The van der Waals surface area contributed by atoms with Crippen LogP contribution in [0.5, 0.6) is 5.75 Å². The van der Waals surface area contributed by atoms with Crippen LogP contribution in [0, 0.1) is 6.92 Å². The van der Waals surface area contributed by atoms with Crippen LogP contribution < -0.4 is 32.7 Å². The number of unbranched alkanes of at least 4 members (excludes halogenated alkanes) is 3. The quantitative estimate of drug-likeness (QED) is 0.0494. The van der Waals surface area contributed by atoms with Gasteiger partial charge in [-0.2, -0.15) is 4.58 Å². The SMILES string of the molecule is CCN1/C(=C/C=C/C=C/C2=[N+](CCCCCC(=O)NCCCCNC(=O)Cc3c(C)n(C(=O)c4ccc(Cl)cc4)c4ccc(OC)cc34)c3ccccc3C2(C)C)C(C)(C)c2ccccc21.[Cl-]. The highest BCUT2D eigenvalue weighted by Crippen LogP contribution is 2.47. The van der Waals surface area contributed by atoms with Gasteiger partial charge in [-0.3, -0.25) is 19.0 Å². The van der Waals surface area contributed by atoms with Crippen LogP contribution in [0.15, 0.2) is 127 Å². The van der Waals surface area contributed by atoms with E-state index < -0.39 is 0 Å². The van der Waals surface area contributed by atoms with Gasteiger partial charge in [-0.05, 0) is 119 Å². The highest BCUT2D eigenvalue weighted by atomic mass is 35.5. The number of carbonyl (C=O) groups is 3. The molecule has 2 amide bonds. The molecular weight excluding hydrogens is 878 g/mol. The normalized spacial score (nSPS) is 15.3. The van der Waals surface area contributed by atoms with E-state index in [4.69, 9.17) is 16.3 Å². The van der Waals surface area contributed by atoms with E-state index in [9.17, 15) is 14.4 Å². The molecule has 2 aliphatic heterocycles. The van der Waals surface area contributed by atoms with Crippen LogP contribution in [0.3, 0.4) is 0 Å². The van der Waals surface area contributed by atoms with Crippen molar-refractivity contribution in [2.45, 2.75) is 97.3 Å². The average molecular weight is 943 g/mol. The molecule has 67 heavy (non-hydrogen) atoms. The van der Waals surface area contributed by atoms with E-state index in [1.54, 1.807) is 35.9 Å². The molecule has 0 fully saturated rings. The summed E-state index contributed by atoms with van der Waals surface area (Å²) < 4.78 is 9.59. The first kappa shape index (κ1) is 50.5. The molecule has 11 heteroatoms. The lowest BCUT2D eigenvalue weighted by Crippen LogP contribution is -3.00. The van der Waals surface area contributed by atoms with Crippen LogP contribution >= 0.6 is 11.6 Å². The van der Waals surface area contributed by atoms with Crippen molar-refractivity contribution in [1.29, 1.82) is 0 Å². The Kier molecular flexibility index (Phi) is 16.8. The highest BCUT2D eigenvalue weighted by molar-refractivity contribution is 6.30. The number of likely N-dealkylation sites (N-methyl/N-ethyl adjacent to an activating group) is 1. The number of amides is 2. The van der Waals surface area contributed by atoms with Gasteiger partial charge in [0.1, 0.15) is 12.3 Å². The van der Waals surface area contributed by atoms with Gasteiger partial charge in [0.05, 0.1) is 24.5 Å². The zero-order valence-electron chi connectivity index (χ0n) is 40.1. The van der Waals surface area contributed by atoms with E-state index >= 15 is 0 Å². The van der Waals surface area contributed by atoms with E-state index in [1.807, 2.05) is 25.1 Å². The Morgan fingerprint density at radius 2 is 1.46 bits per heavy atom. The monoisotopic (exact) mass is 941 g/mol. The van der Waals surface area contributed by atoms with Crippen molar-refractivity contribution in [2.75, 3.05) is 38.2 Å². The van der Waals surface area contributed by atoms with E-state index in [0.717, 1.165) is 56.1 Å². The number of carbonyl (C=O) groups excluding carboxylic acids is 3. The molecule has 0 bridgehead atoms. The Bertz CT molecular complexity index is 2730. The maximum absolute atomic E-state index is 13.6. The Balaban J connectivity index is 0.00000741. The van der Waals surface area contributed by atoms with Crippen molar-refractivity contribution < 1.29 is 36.1 Å². The second-order valence-corrected chi connectivity index (χ2v) is 18.8. The molecule has 0 saturated heterocycles. The lowest BCUT2D eigenvalue weighted by atomic mass is 9.81. The first-order valence-corrected chi connectivity index (χ1v) is 23.8. The Morgan fingerprint density at radius 1 is 0.776 bits per heavy atom. The smallest absolute Gasteiger partial charge is 0.262 e. The minimum absolute atomic E-state index is 0. The number of hydrogen-bond donors (Lipinski definition) is 2. The largest absolute Gasteiger partial charge is 1.00 e. The van der Waals surface area contributed by atoms with Crippen LogP contribution in [-0.2, 0) is 26.8 Å². The number of benzene rings is 4. The Morgan fingerprint density at radius 3 is 2.18 bits per heavy atom. The third kappa shape index (κ3) is 11.0. The summed E-state index contributed by atoms with van der Waals surface area (Å²) in [4.78, 5) is 42.0. The number of halogens is 2. The molecular formula is C56H65Cl2N5O4. The van der Waals surface area contributed by atoms with Gasteiger partial charge in [0.25, 0.3) is 5.91 Å². The van der Waals surface area contributed by atoms with Crippen LogP contribution in [0.1, 0.15) is 106 Å². The maximum atomic E-state index is 13.6. The first-order chi connectivity index (χ1) is 31.8. The summed E-state index contributed by atoms with van der Waals surface area (Å²) in [6.45, 7) is 16.2. The molecule has 352 valence electrons. The van der Waals surface area contributed by atoms with Crippen LogP contribution in [0.25, 0.3) is 10.9 Å². The lowest BCUT2D eigenvalue weighted by Gasteiger charge is -2.25. The van der Waals surface area contributed by atoms with Crippen molar-refractivity contribution in [3.05, 3.63) is 160 Å². The van der Waals surface area contributed by atoms with Crippen molar-refractivity contribution in [2.24, 2.45) is 0 Å². The maximum Gasteiger partial charge on any atom is 0.262 e. The molecule has 0 spiro atoms. The molecule has 0 saturated carbocycles. The van der Waals surface area contributed by atoms with Gasteiger partial charge in [0.15, 0.2) is 5.71 Å². The number of methoxy groups -OCH3 is 1. The summed E-state index contributed by atoms with van der Waals surface area (Å²) in [6.07, 6.45) is 15.9. The number of fused-ring (bicyclic) bond motifs is 3. The average Bonchev–Trinajstić information content (AvgIpc) is 3.80. The summed E-state index contributed by atoms with van der Waals surface area (Å²) in [6, 6.07) is 29.8. The lowest BCUT2D eigenvalue weighted by molar-refractivity contribution is -0.438. The molecule has 2 N–H and O–H groups in total. The number of anilines is 1. The highest BCUT2D eigenvalue weighted by Gasteiger charge is 2.44. The zero-order valence-corrected chi connectivity index (χ0v) is 41.6. The van der Waals surface area contributed by atoms with E-state index in [0.29, 0.717) is 47.1 Å². The number of hydrogen-bond acceptors (Lipinski definition) is 5. The zero-order chi connectivity index (χ0) is 47.0. The fourth-order valence-electron chi connectivity index (χ4n) is 9.77. The number of nitrogens with zero attached hydrogens (tertiary/aromatic N) is 3. The van der Waals surface area contributed by atoms with Gasteiger partial charge in [-0.15, -0.1) is 0 Å². The number of para-hydroxylation sites is 2. The van der Waals surface area contributed by atoms with Crippen molar-refractivity contribution in [3.63, 3.8) is 0 Å². The first-order valence-electron chi connectivity index (χ1n) is 23.5. The van der Waals surface area contributed by atoms with Gasteiger partial charge in [0.2, 0.25) is 17.5 Å². The van der Waals surface area contributed by atoms with E-state index in [2.05, 4.69) is 134 Å². The molecule has 0 atom stereocenters. The number of nitrogens with one attached hydrogen (secondary N) is 2. The Labute approximate surface area is 408 Å². The number of aromatic nitrogens is 1. The summed E-state index contributed by atoms with van der Waals surface area (Å²) >= 11 is 6.07. The fraction of sp³-hybridized carbons (Fsp3) is 0.357. The standard InChI is InChI=1S/C56H64ClN5O4.ClH/c1-8-60-48-23-16-14-21-45(48)55(3,4)50(60)25-11-9-12-26-51-56(5,6)46-22-15-17-24-49(46)61(51)36-20-10-13-27-52(63)58-34-18-19-35-59-53(64)38-43-39(2)62(47-33-32-42(66-7)37-44(43)47)54(65)40-28-30-41(57)31-29-40;/h9,11-12,14-17,21-26,28-33,37H,8,10,13,18-20,27,34-36,38H2,1-7H3,(H-,58,59,63,64);1H. The Hall–Kier alpha value is -5.90. The molecule has 2 aliphatic rings. The van der Waals surface area contributed by atoms with Crippen LogP contribution in [0.2, 0.25) is 5.02 Å². The van der Waals surface area contributed by atoms with E-state index in [1.165, 1.54) is 33.9 Å². The van der Waals surface area contributed by atoms with Gasteiger partial charge in [-0.25, -0.2) is 0 Å². The van der Waals surface area contributed by atoms with Gasteiger partial charge >= 0.3 is 0 Å². The third-order valence-electron chi connectivity index (χ3n) is 13.4. The predicted octanol–water partition coefficient (Wildman–Crippen LogP) is 8.31. The molecule has 7 rings (SSSR count). The number of ether oxygens (including phenoxy) is 1. The van der Waals surface area contributed by atoms with Gasteiger partial charge < -0.3 is 32.7 Å². The molecule has 3 heterocycles. The molecule has 4 aromatic carbocycles. The number of allylic oxidation sites excluding steroid dienone is 6. The summed E-state index contributed by atoms with van der Waals surface area (Å²) in [5.74, 6) is 0.381. The second kappa shape index (κ2) is 22.3. The molecule has 0 radical (unpaired) electrons. The minimum atomic E-state index is -0.196. The predicted molar refractivity (Wildman–Crippen MR) is 270 cm³/mol. The summed E-state index contributed by atoms with van der Waals surface area (Å²) in [5, 5.41) is 7.44. The van der Waals surface area contributed by atoms with Crippen molar-refractivity contribution >= 4 is 57.3 Å². The van der Waals surface area contributed by atoms with Gasteiger partial charge in [0, 0.05) is 88.6 Å². The molecule has 0 unspecified atom stereocenters. The topological polar surface area (TPSA) is 95.7 Å². The second-order valence-electron chi connectivity index (χ2n) is 18.4. The number of rotatable bonds is 19. The third-order valence-corrected chi connectivity index (χ3v) is 13.6. The minimum Gasteiger partial charge on any atom is -1.00 e. The molecule has 5 aromatic rings. The van der Waals surface area contributed by atoms with E-state index in [-0.39, 0.29) is 47.4 Å². The summed E-state index contributed by atoms with van der Waals surface area (Å²) in [7, 11) is 1.59. The van der Waals surface area contributed by atoms with Crippen LogP contribution in [0.4, 0.5) is 11.4 Å².